The minimum absolute atomic E-state index is 0.117. The van der Waals surface area contributed by atoms with Gasteiger partial charge in [0.1, 0.15) is 11.6 Å². The average molecular weight is 438 g/mol. The van der Waals surface area contributed by atoms with Crippen molar-refractivity contribution in [2.45, 2.75) is 0 Å². The van der Waals surface area contributed by atoms with Crippen LogP contribution in [0.5, 0.6) is 5.75 Å². The van der Waals surface area contributed by atoms with Gasteiger partial charge in [-0.1, -0.05) is 0 Å². The number of halogens is 2. The average Bonchev–Trinajstić information content (AvgIpc) is 2.93. The van der Waals surface area contributed by atoms with Gasteiger partial charge in [0.05, 0.1) is 20.0 Å². The fourth-order valence-electron chi connectivity index (χ4n) is 2.08. The van der Waals surface area contributed by atoms with Crippen LogP contribution in [-0.2, 0) is 4.79 Å². The van der Waals surface area contributed by atoms with Crippen molar-refractivity contribution >= 4 is 56.2 Å². The Morgan fingerprint density at radius 3 is 2.65 bits per heavy atom. The molecule has 0 aromatic heterocycles. The Labute approximate surface area is 158 Å². The maximum Gasteiger partial charge on any atom is 0.271 e. The summed E-state index contributed by atoms with van der Waals surface area (Å²) in [4.78, 5) is 26.8. The molecule has 10 heteroatoms. The van der Waals surface area contributed by atoms with Crippen LogP contribution in [0.2, 0.25) is 0 Å². The van der Waals surface area contributed by atoms with Gasteiger partial charge in [0.15, 0.2) is 5.17 Å². The number of nitro benzene ring substituents is 1. The molecule has 0 spiro atoms. The summed E-state index contributed by atoms with van der Waals surface area (Å²) >= 11 is 4.05. The van der Waals surface area contributed by atoms with E-state index in [9.17, 15) is 24.4 Å². The van der Waals surface area contributed by atoms with E-state index in [-0.39, 0.29) is 31.5 Å². The summed E-state index contributed by atoms with van der Waals surface area (Å²) in [6.45, 7) is 0. The number of thioether (sulfide) groups is 1. The smallest absolute Gasteiger partial charge is 0.271 e. The molecule has 1 fully saturated rings. The van der Waals surface area contributed by atoms with Crippen LogP contribution < -0.4 is 5.32 Å². The van der Waals surface area contributed by atoms with Gasteiger partial charge < -0.3 is 10.4 Å². The quantitative estimate of drug-likeness (QED) is 0.427. The number of non-ortho nitro benzene ring substituents is 1. The number of aliphatic imine (C=N–C) groups is 1. The van der Waals surface area contributed by atoms with Crippen LogP contribution in [0.25, 0.3) is 6.08 Å². The molecule has 26 heavy (non-hydrogen) atoms. The fraction of sp³-hybridized carbons (Fsp3) is 0. The first kappa shape index (κ1) is 18.1. The molecule has 1 aliphatic heterocycles. The van der Waals surface area contributed by atoms with Crippen molar-refractivity contribution in [2.24, 2.45) is 4.99 Å². The molecule has 1 heterocycles. The van der Waals surface area contributed by atoms with Gasteiger partial charge in [-0.3, -0.25) is 14.9 Å². The highest BCUT2D eigenvalue weighted by Gasteiger charge is 2.25. The van der Waals surface area contributed by atoms with E-state index in [1.807, 2.05) is 0 Å². The van der Waals surface area contributed by atoms with Gasteiger partial charge in [0.2, 0.25) is 0 Å². The predicted molar refractivity (Wildman–Crippen MR) is 99.7 cm³/mol. The molecule has 1 aliphatic rings. The van der Waals surface area contributed by atoms with Crippen molar-refractivity contribution in [3.05, 3.63) is 67.3 Å². The Morgan fingerprint density at radius 2 is 2.00 bits per heavy atom. The highest BCUT2D eigenvalue weighted by atomic mass is 79.9. The molecule has 0 aliphatic carbocycles. The van der Waals surface area contributed by atoms with Crippen LogP contribution in [0, 0.1) is 15.9 Å². The van der Waals surface area contributed by atoms with Crippen LogP contribution in [0.4, 0.5) is 15.8 Å². The Bertz CT molecular complexity index is 976. The molecule has 0 radical (unpaired) electrons. The number of carbonyl (C=O) groups excluding carboxylic acids is 1. The molecule has 7 nitrogen and oxygen atoms in total. The number of phenols is 1. The lowest BCUT2D eigenvalue weighted by Gasteiger charge is -2.03. The van der Waals surface area contributed by atoms with E-state index in [1.54, 1.807) is 0 Å². The van der Waals surface area contributed by atoms with Gasteiger partial charge in [0, 0.05) is 17.7 Å². The van der Waals surface area contributed by atoms with E-state index in [0.717, 1.165) is 17.8 Å². The van der Waals surface area contributed by atoms with E-state index in [2.05, 4.69) is 26.2 Å². The molecule has 2 N–H and O–H groups in total. The van der Waals surface area contributed by atoms with Crippen LogP contribution in [0.1, 0.15) is 5.56 Å². The van der Waals surface area contributed by atoms with Crippen molar-refractivity contribution in [2.75, 3.05) is 0 Å². The van der Waals surface area contributed by atoms with Gasteiger partial charge >= 0.3 is 0 Å². The van der Waals surface area contributed by atoms with E-state index in [1.165, 1.54) is 36.4 Å². The number of carbonyl (C=O) groups is 1. The molecule has 3 rings (SSSR count). The van der Waals surface area contributed by atoms with Crippen molar-refractivity contribution in [1.82, 2.24) is 5.32 Å². The fourth-order valence-corrected chi connectivity index (χ4v) is 3.37. The topological polar surface area (TPSA) is 105 Å². The van der Waals surface area contributed by atoms with Crippen molar-refractivity contribution < 1.29 is 19.2 Å². The number of nitrogens with zero attached hydrogens (tertiary/aromatic N) is 2. The van der Waals surface area contributed by atoms with Gasteiger partial charge in [-0.05, 0) is 58.0 Å². The lowest BCUT2D eigenvalue weighted by molar-refractivity contribution is -0.385. The molecular formula is C16H9BrFN3O4S. The molecule has 132 valence electrons. The van der Waals surface area contributed by atoms with Crippen molar-refractivity contribution in [1.29, 1.82) is 0 Å². The van der Waals surface area contributed by atoms with Crippen LogP contribution >= 0.6 is 27.7 Å². The molecular weight excluding hydrogens is 429 g/mol. The lowest BCUT2D eigenvalue weighted by atomic mass is 10.1. The monoisotopic (exact) mass is 437 g/mol. The van der Waals surface area contributed by atoms with Crippen molar-refractivity contribution in [3.63, 3.8) is 0 Å². The second kappa shape index (κ2) is 7.26. The maximum atomic E-state index is 12.9. The molecule has 1 saturated heterocycles. The number of hydrogen-bond acceptors (Lipinski definition) is 6. The molecule has 2 aromatic rings. The SMILES string of the molecule is O=C1NC(=Nc2ccc(F)cc2)S/C1=C/c1cc([N+](=O)[O-])cc(Br)c1O. The zero-order valence-corrected chi connectivity index (χ0v) is 15.2. The minimum atomic E-state index is -0.602. The number of amidine groups is 1. The van der Waals surface area contributed by atoms with Gasteiger partial charge in [-0.2, -0.15) is 0 Å². The van der Waals surface area contributed by atoms with Crippen molar-refractivity contribution in [3.8, 4) is 5.75 Å². The highest BCUT2D eigenvalue weighted by molar-refractivity contribution is 9.10. The molecule has 2 aromatic carbocycles. The summed E-state index contributed by atoms with van der Waals surface area (Å²) < 4.78 is 13.1. The van der Waals surface area contributed by atoms with Gasteiger partial charge in [0.25, 0.3) is 11.6 Å². The first-order chi connectivity index (χ1) is 12.3. The number of phenolic OH excluding ortho intramolecular Hbond substituents is 1. The van der Waals surface area contributed by atoms with E-state index < -0.39 is 16.6 Å². The first-order valence-electron chi connectivity index (χ1n) is 7.05. The van der Waals surface area contributed by atoms with Crippen LogP contribution in [0.3, 0.4) is 0 Å². The summed E-state index contributed by atoms with van der Waals surface area (Å²) in [7, 11) is 0. The minimum Gasteiger partial charge on any atom is -0.506 e. The normalized spacial score (nSPS) is 16.9. The Hall–Kier alpha value is -2.72. The number of nitrogens with one attached hydrogen (secondary N) is 1. The van der Waals surface area contributed by atoms with Gasteiger partial charge in [-0.25, -0.2) is 9.38 Å². The summed E-state index contributed by atoms with van der Waals surface area (Å²) in [6, 6.07) is 7.74. The summed E-state index contributed by atoms with van der Waals surface area (Å²) in [5.74, 6) is -1.08. The third-order valence-electron chi connectivity index (χ3n) is 3.28. The molecule has 0 unspecified atom stereocenters. The van der Waals surface area contributed by atoms with E-state index >= 15 is 0 Å². The first-order valence-corrected chi connectivity index (χ1v) is 8.66. The largest absolute Gasteiger partial charge is 0.506 e. The van der Waals surface area contributed by atoms with Crippen LogP contribution in [0.15, 0.2) is 50.8 Å². The zero-order valence-electron chi connectivity index (χ0n) is 12.8. The molecule has 0 atom stereocenters. The second-order valence-electron chi connectivity index (χ2n) is 5.08. The van der Waals surface area contributed by atoms with Gasteiger partial charge in [-0.15, -0.1) is 0 Å². The summed E-state index contributed by atoms with van der Waals surface area (Å²) in [6.07, 6.45) is 1.33. The summed E-state index contributed by atoms with van der Waals surface area (Å²) in [5.41, 5.74) is 0.341. The third kappa shape index (κ3) is 3.92. The Morgan fingerprint density at radius 1 is 1.31 bits per heavy atom. The lowest BCUT2D eigenvalue weighted by Crippen LogP contribution is -2.19. The maximum absolute atomic E-state index is 12.9. The van der Waals surface area contributed by atoms with E-state index in [0.29, 0.717) is 5.69 Å². The molecule has 0 bridgehead atoms. The highest BCUT2D eigenvalue weighted by Crippen LogP contribution is 2.36. The number of aromatic hydroxyl groups is 1. The van der Waals surface area contributed by atoms with E-state index in [4.69, 9.17) is 0 Å². The number of hydrogen-bond donors (Lipinski definition) is 2. The number of amides is 1. The number of rotatable bonds is 3. The van der Waals surface area contributed by atoms with Crippen LogP contribution in [-0.4, -0.2) is 21.1 Å². The Balaban J connectivity index is 1.92. The zero-order chi connectivity index (χ0) is 18.8. The third-order valence-corrected chi connectivity index (χ3v) is 4.80. The molecule has 1 amide bonds. The Kier molecular flexibility index (Phi) is 5.05. The molecule has 0 saturated carbocycles. The number of nitro groups is 1. The standard InChI is InChI=1S/C16H9BrFN3O4S/c17-12-7-11(21(24)25)5-8(14(12)22)6-13-15(23)20-16(26-13)19-10-3-1-9(18)2-4-10/h1-7,22H,(H,19,20,23)/b13-6+. The number of benzene rings is 2. The summed E-state index contributed by atoms with van der Waals surface area (Å²) in [5, 5.41) is 23.8. The predicted octanol–water partition coefficient (Wildman–Crippen LogP) is 4.09. The second-order valence-corrected chi connectivity index (χ2v) is 6.97.